The highest BCUT2D eigenvalue weighted by molar-refractivity contribution is 9.10. The van der Waals surface area contributed by atoms with Gasteiger partial charge >= 0.3 is 0 Å². The van der Waals surface area contributed by atoms with Crippen LogP contribution in [0.2, 0.25) is 0 Å². The number of hydrogen-bond acceptors (Lipinski definition) is 7. The van der Waals surface area contributed by atoms with Gasteiger partial charge in [-0.1, -0.05) is 0 Å². The van der Waals surface area contributed by atoms with Gasteiger partial charge in [-0.3, -0.25) is 14.3 Å². The number of pyridine rings is 1. The van der Waals surface area contributed by atoms with Crippen molar-refractivity contribution < 1.29 is 22.8 Å². The number of nitrogens with one attached hydrogen (secondary N) is 1. The Kier molecular flexibility index (Phi) is 5.90. The fourth-order valence-corrected chi connectivity index (χ4v) is 4.79. The molecule has 0 fully saturated rings. The average Bonchev–Trinajstić information content (AvgIpc) is 3.61. The zero-order chi connectivity index (χ0) is 24.7. The number of alkyl halides is 2. The minimum Gasteiger partial charge on any atom is -0.464 e. The molecule has 0 spiro atoms. The molecule has 2 amide bonds. The Morgan fingerprint density at radius 3 is 2.77 bits per heavy atom. The first-order valence-electron chi connectivity index (χ1n) is 9.92. The summed E-state index contributed by atoms with van der Waals surface area (Å²) in [6.45, 7) is 0.260. The molecule has 0 bridgehead atoms. The Labute approximate surface area is 207 Å². The Balaban J connectivity index is 1.55. The molecule has 10 nitrogen and oxygen atoms in total. The van der Waals surface area contributed by atoms with Crippen molar-refractivity contribution in [1.29, 1.82) is 0 Å². The molecular formula is C21H14BrF2N7O3S. The van der Waals surface area contributed by atoms with Crippen LogP contribution in [-0.2, 0) is 6.67 Å². The van der Waals surface area contributed by atoms with E-state index in [4.69, 9.17) is 10.2 Å². The van der Waals surface area contributed by atoms with Crippen LogP contribution in [0, 0.1) is 0 Å². The number of thiophene rings is 1. The summed E-state index contributed by atoms with van der Waals surface area (Å²) in [7, 11) is 0. The molecule has 0 unspecified atom stereocenters. The lowest BCUT2D eigenvalue weighted by Crippen LogP contribution is -2.18. The van der Waals surface area contributed by atoms with E-state index in [0.717, 1.165) is 21.9 Å². The zero-order valence-electron chi connectivity index (χ0n) is 17.5. The number of carbonyl (C=O) groups is 2. The fraction of sp³-hybridized carbons (Fsp3) is 0.0952. The molecule has 0 aliphatic rings. The molecule has 0 radical (unpaired) electrons. The second kappa shape index (κ2) is 9.03. The van der Waals surface area contributed by atoms with Crippen LogP contribution in [0.3, 0.4) is 0 Å². The van der Waals surface area contributed by atoms with Gasteiger partial charge in [-0.05, 0) is 40.2 Å². The summed E-state index contributed by atoms with van der Waals surface area (Å²) in [4.78, 5) is 29.3. The first kappa shape index (κ1) is 22.9. The van der Waals surface area contributed by atoms with Crippen molar-refractivity contribution >= 4 is 55.0 Å². The second-order valence-electron chi connectivity index (χ2n) is 7.26. The maximum atomic E-state index is 13.5. The number of hydrogen-bond donors (Lipinski definition) is 2. The van der Waals surface area contributed by atoms with Gasteiger partial charge in [0.15, 0.2) is 5.69 Å². The van der Waals surface area contributed by atoms with Crippen LogP contribution in [-0.4, -0.2) is 36.4 Å². The van der Waals surface area contributed by atoms with Gasteiger partial charge in [0.2, 0.25) is 0 Å². The number of rotatable bonds is 7. The van der Waals surface area contributed by atoms with Gasteiger partial charge in [0.25, 0.3) is 18.2 Å². The van der Waals surface area contributed by atoms with E-state index < -0.39 is 23.9 Å². The molecule has 0 aromatic carbocycles. The molecule has 5 aromatic heterocycles. The molecule has 0 saturated heterocycles. The monoisotopic (exact) mass is 561 g/mol. The van der Waals surface area contributed by atoms with Crippen LogP contribution in [0.4, 0.5) is 14.5 Å². The molecule has 3 N–H and O–H groups in total. The number of nitrogens with zero attached hydrogens (tertiary/aromatic N) is 5. The molecule has 0 aliphatic carbocycles. The molecule has 0 atom stereocenters. The summed E-state index contributed by atoms with van der Waals surface area (Å²) < 4.78 is 36.3. The molecular weight excluding hydrogens is 548 g/mol. The van der Waals surface area contributed by atoms with E-state index >= 15 is 0 Å². The van der Waals surface area contributed by atoms with Gasteiger partial charge in [-0.2, -0.15) is 10.2 Å². The van der Waals surface area contributed by atoms with Crippen molar-refractivity contribution in [2.75, 3.05) is 5.32 Å². The lowest BCUT2D eigenvalue weighted by atomic mass is 10.1. The van der Waals surface area contributed by atoms with Gasteiger partial charge < -0.3 is 15.5 Å². The van der Waals surface area contributed by atoms with E-state index in [-0.39, 0.29) is 44.5 Å². The van der Waals surface area contributed by atoms with Crippen molar-refractivity contribution in [3.8, 4) is 11.3 Å². The van der Waals surface area contributed by atoms with Crippen LogP contribution < -0.4 is 11.1 Å². The van der Waals surface area contributed by atoms with Crippen molar-refractivity contribution in [3.63, 3.8) is 0 Å². The second-order valence-corrected chi connectivity index (χ2v) is 9.17. The first-order valence-corrected chi connectivity index (χ1v) is 11.5. The average molecular weight is 562 g/mol. The SMILES string of the molecule is NC(=O)c1sc2nc(C(F)F)cc(-c3ccco3)c2c1NC(=O)c1ccn(Cn2cc(Br)cn2)n1. The van der Waals surface area contributed by atoms with Gasteiger partial charge in [-0.25, -0.2) is 18.4 Å². The van der Waals surface area contributed by atoms with Crippen LogP contribution in [0.5, 0.6) is 0 Å². The molecule has 5 aromatic rings. The molecule has 5 rings (SSSR count). The predicted octanol–water partition coefficient (Wildman–Crippen LogP) is 4.51. The fourth-order valence-electron chi connectivity index (χ4n) is 3.45. The third kappa shape index (κ3) is 4.44. The van der Waals surface area contributed by atoms with Crippen molar-refractivity contribution in [2.24, 2.45) is 5.73 Å². The highest BCUT2D eigenvalue weighted by Crippen LogP contribution is 2.42. The molecule has 5 heterocycles. The summed E-state index contributed by atoms with van der Waals surface area (Å²) in [5, 5.41) is 11.3. The van der Waals surface area contributed by atoms with Crippen molar-refractivity contribution in [2.45, 2.75) is 13.1 Å². The Bertz CT molecular complexity index is 1560. The maximum Gasteiger partial charge on any atom is 0.280 e. The number of aromatic nitrogens is 5. The highest BCUT2D eigenvalue weighted by atomic mass is 79.9. The van der Waals surface area contributed by atoms with Crippen molar-refractivity contribution in [1.82, 2.24) is 24.5 Å². The molecule has 0 aliphatic heterocycles. The van der Waals surface area contributed by atoms with Crippen LogP contribution in [0.25, 0.3) is 21.5 Å². The van der Waals surface area contributed by atoms with E-state index in [0.29, 0.717) is 0 Å². The summed E-state index contributed by atoms with van der Waals surface area (Å²) in [5.41, 5.74) is 5.39. The Morgan fingerprint density at radius 2 is 2.11 bits per heavy atom. The van der Waals surface area contributed by atoms with Gasteiger partial charge in [0.05, 0.1) is 22.6 Å². The largest absolute Gasteiger partial charge is 0.464 e. The number of furan rings is 1. The minimum absolute atomic E-state index is 0.0408. The summed E-state index contributed by atoms with van der Waals surface area (Å²) in [6.07, 6.45) is 3.48. The third-order valence-electron chi connectivity index (χ3n) is 4.92. The van der Waals surface area contributed by atoms with Gasteiger partial charge in [-0.15, -0.1) is 11.3 Å². The smallest absolute Gasteiger partial charge is 0.280 e. The first-order chi connectivity index (χ1) is 16.8. The zero-order valence-corrected chi connectivity index (χ0v) is 19.9. The molecule has 35 heavy (non-hydrogen) atoms. The molecule has 178 valence electrons. The van der Waals surface area contributed by atoms with E-state index in [1.54, 1.807) is 35.4 Å². The maximum absolute atomic E-state index is 13.5. The predicted molar refractivity (Wildman–Crippen MR) is 126 cm³/mol. The number of fused-ring (bicyclic) bond motifs is 1. The van der Waals surface area contributed by atoms with E-state index in [9.17, 15) is 18.4 Å². The number of nitrogens with two attached hydrogens (primary N) is 1. The normalized spacial score (nSPS) is 11.4. The topological polar surface area (TPSA) is 134 Å². The quantitative estimate of drug-likeness (QED) is 0.300. The summed E-state index contributed by atoms with van der Waals surface area (Å²) >= 11 is 4.11. The van der Waals surface area contributed by atoms with Crippen LogP contribution >= 0.6 is 27.3 Å². The van der Waals surface area contributed by atoms with E-state index in [1.165, 1.54) is 17.0 Å². The summed E-state index contributed by atoms with van der Waals surface area (Å²) in [5.74, 6) is -1.21. The number of primary amides is 1. The van der Waals surface area contributed by atoms with Crippen LogP contribution in [0.15, 0.2) is 58.0 Å². The Hall–Kier alpha value is -3.91. The minimum atomic E-state index is -2.86. The lowest BCUT2D eigenvalue weighted by molar-refractivity contribution is 0.100. The Morgan fingerprint density at radius 1 is 1.29 bits per heavy atom. The number of amides is 2. The van der Waals surface area contributed by atoms with E-state index in [2.05, 4.69) is 36.4 Å². The molecule has 14 heteroatoms. The number of anilines is 1. The van der Waals surface area contributed by atoms with Gasteiger partial charge in [0.1, 0.15) is 27.8 Å². The number of halogens is 3. The third-order valence-corrected chi connectivity index (χ3v) is 6.43. The molecule has 0 saturated carbocycles. The van der Waals surface area contributed by atoms with Crippen molar-refractivity contribution in [3.05, 3.63) is 69.9 Å². The highest BCUT2D eigenvalue weighted by Gasteiger charge is 2.26. The standard InChI is InChI=1S/C21H14BrF2N7O3S/c22-10-7-26-31(8-10)9-30-4-3-12(29-30)20(33)28-16-15-11(14-2-1-5-34-14)6-13(18(23)24)27-21(15)35-17(16)19(25)32/h1-8,18H,9H2,(H2,25,32)(H,28,33). The van der Waals surface area contributed by atoms with Gasteiger partial charge in [0, 0.05) is 23.3 Å². The lowest BCUT2D eigenvalue weighted by Gasteiger charge is -2.09. The number of carbonyl (C=O) groups excluding carboxylic acids is 2. The van der Waals surface area contributed by atoms with Crippen LogP contribution in [0.1, 0.15) is 32.3 Å². The van der Waals surface area contributed by atoms with E-state index in [1.807, 2.05) is 0 Å². The summed E-state index contributed by atoms with van der Waals surface area (Å²) in [6, 6.07) is 5.82.